The lowest BCUT2D eigenvalue weighted by Crippen LogP contribution is -2.71. The zero-order valence-electron chi connectivity index (χ0n) is 49.0. The molecule has 5 rings (SSSR count). The Balaban J connectivity index is 2.01. The lowest BCUT2D eigenvalue weighted by molar-refractivity contribution is -0.164. The van der Waals surface area contributed by atoms with Crippen LogP contribution < -0.4 is 42.5 Å². The van der Waals surface area contributed by atoms with Crippen LogP contribution >= 0.6 is 0 Å². The summed E-state index contributed by atoms with van der Waals surface area (Å²) in [6.07, 6.45) is 3.27. The van der Waals surface area contributed by atoms with E-state index in [0.717, 1.165) is 0 Å². The molecule has 4 bridgehead atoms. The molecule has 2 fully saturated rings. The fourth-order valence-electron chi connectivity index (χ4n) is 9.75. The number of carbonyl (C=O) groups excluding carboxylic acids is 9. The maximum atomic E-state index is 14.9. The first-order valence-corrected chi connectivity index (χ1v) is 27.9. The summed E-state index contributed by atoms with van der Waals surface area (Å²) >= 11 is 0. The van der Waals surface area contributed by atoms with Crippen LogP contribution in [0.15, 0.2) is 12.2 Å². The lowest BCUT2D eigenvalue weighted by Gasteiger charge is -2.47. The molecular weight excluding hydrogens is 993 g/mol. The van der Waals surface area contributed by atoms with Crippen LogP contribution in [0.25, 0.3) is 0 Å². The van der Waals surface area contributed by atoms with Crippen molar-refractivity contribution >= 4 is 53.4 Å². The fraction of sp³-hybridized carbons (Fsp3) is 0.804. The van der Waals surface area contributed by atoms with Crippen molar-refractivity contribution in [2.45, 2.75) is 233 Å². The summed E-state index contributed by atoms with van der Waals surface area (Å²) in [7, 11) is 1.24. The molecule has 8 N–H and O–H groups in total. The summed E-state index contributed by atoms with van der Waals surface area (Å²) in [6.45, 7) is 28.0. The number of amides is 8. The molecule has 2 saturated carbocycles. The number of carbonyl (C=O) groups is 9. The van der Waals surface area contributed by atoms with Gasteiger partial charge >= 0.3 is 12.1 Å². The molecule has 0 saturated heterocycles. The number of rotatable bonds is 20. The fourth-order valence-corrected chi connectivity index (χ4v) is 9.75. The number of alkyl carbamates (subject to hydrolysis) is 1. The van der Waals surface area contributed by atoms with Gasteiger partial charge in [-0.05, 0) is 94.8 Å². The van der Waals surface area contributed by atoms with Crippen molar-refractivity contribution in [3.05, 3.63) is 12.2 Å². The van der Waals surface area contributed by atoms with Gasteiger partial charge in [-0.2, -0.15) is 0 Å². The molecule has 0 aromatic rings. The highest BCUT2D eigenvalue weighted by Crippen LogP contribution is 2.37. The van der Waals surface area contributed by atoms with Gasteiger partial charge in [0, 0.05) is 25.7 Å². The van der Waals surface area contributed by atoms with E-state index in [0.29, 0.717) is 0 Å². The highest BCUT2D eigenvalue weighted by atomic mass is 16.6. The van der Waals surface area contributed by atoms with Crippen molar-refractivity contribution in [1.82, 2.24) is 42.5 Å². The Kier molecular flexibility index (Phi) is 25.4. The first-order chi connectivity index (χ1) is 35.8. The predicted octanol–water partition coefficient (Wildman–Crippen LogP) is 4.39. The second-order valence-corrected chi connectivity index (χ2v) is 25.1. The summed E-state index contributed by atoms with van der Waals surface area (Å²) in [5.74, 6) is -5.58. The molecule has 0 unspecified atom stereocenters. The minimum atomic E-state index is -1.61. The van der Waals surface area contributed by atoms with E-state index in [2.05, 4.69) is 42.5 Å². The third kappa shape index (κ3) is 21.5. The van der Waals surface area contributed by atoms with Crippen molar-refractivity contribution in [3.63, 3.8) is 0 Å². The predicted molar refractivity (Wildman–Crippen MR) is 290 cm³/mol. The van der Waals surface area contributed by atoms with Gasteiger partial charge in [0.05, 0.1) is 32.5 Å². The molecular formula is C56H96N8O13. The first kappa shape index (κ1) is 66.0. The minimum Gasteiger partial charge on any atom is -0.467 e. The highest BCUT2D eigenvalue weighted by Gasteiger charge is 2.55. The largest absolute Gasteiger partial charge is 0.467 e. The van der Waals surface area contributed by atoms with Crippen LogP contribution in [-0.4, -0.2) is 139 Å². The van der Waals surface area contributed by atoms with Gasteiger partial charge in [-0.1, -0.05) is 95.2 Å². The quantitative estimate of drug-likeness (QED) is 0.0621. The van der Waals surface area contributed by atoms with Crippen LogP contribution in [0.1, 0.15) is 168 Å². The molecule has 21 nitrogen and oxygen atoms in total. The lowest BCUT2D eigenvalue weighted by atomic mass is 9.72. The van der Waals surface area contributed by atoms with E-state index in [4.69, 9.17) is 18.9 Å². The topological polar surface area (TPSA) is 287 Å². The molecule has 21 heteroatoms. The van der Waals surface area contributed by atoms with Crippen LogP contribution in [0.5, 0.6) is 0 Å². The summed E-state index contributed by atoms with van der Waals surface area (Å²) in [5.41, 5.74) is -3.79. The van der Waals surface area contributed by atoms with Crippen molar-refractivity contribution in [1.29, 1.82) is 0 Å². The Morgan fingerprint density at radius 2 is 0.961 bits per heavy atom. The Morgan fingerprint density at radius 3 is 1.36 bits per heavy atom. The van der Waals surface area contributed by atoms with Crippen LogP contribution in [0.3, 0.4) is 0 Å². The van der Waals surface area contributed by atoms with Crippen LogP contribution in [0.2, 0.25) is 0 Å². The minimum absolute atomic E-state index is 0.00945. The maximum absolute atomic E-state index is 14.9. The van der Waals surface area contributed by atoms with Crippen molar-refractivity contribution in [3.8, 4) is 0 Å². The second kappa shape index (κ2) is 29.6. The van der Waals surface area contributed by atoms with E-state index < -0.39 is 119 Å². The zero-order chi connectivity index (χ0) is 58.2. The van der Waals surface area contributed by atoms with E-state index in [1.807, 2.05) is 83.1 Å². The van der Waals surface area contributed by atoms with Crippen LogP contribution in [0.4, 0.5) is 4.79 Å². The average molecular weight is 1090 g/mol. The second-order valence-electron chi connectivity index (χ2n) is 25.1. The first-order valence-electron chi connectivity index (χ1n) is 27.9. The molecule has 6 atom stereocenters. The van der Waals surface area contributed by atoms with E-state index in [-0.39, 0.29) is 113 Å². The normalized spacial score (nSPS) is 26.4. The van der Waals surface area contributed by atoms with Crippen molar-refractivity contribution < 1.29 is 62.1 Å². The van der Waals surface area contributed by atoms with Gasteiger partial charge in [0.1, 0.15) is 52.9 Å². The van der Waals surface area contributed by atoms with Gasteiger partial charge in [-0.3, -0.25) is 33.6 Å². The smallest absolute Gasteiger partial charge is 0.408 e. The molecule has 5 aliphatic rings. The van der Waals surface area contributed by atoms with Gasteiger partial charge in [0.25, 0.3) is 0 Å². The van der Waals surface area contributed by atoms with Gasteiger partial charge in [-0.15, -0.1) is 0 Å². The standard InChI is InChI=1S/C56H96N8O13/c1-31(2)21-39-45(65)60-44(26-36(11)12)50(70)64-56(52(72)74-16)29-38(30-56)76-20-18-17-19-75-37-27-55(28-37,51(71)61-41(23-33(5)6)47(67)57-39)63-49(69)43(25-35(9)10)59-46(66)40(22-32(3)4)58-48(68)42(24-34(7)8)62-53(73)77-54(13,14)15/h17-18,31-44H,19-30H2,1-16H3,(H,57,67)(H,58,68)(H,59,66)(H,60,65)(H,61,71)(H,62,73)(H,63,69)(H,64,70)/b18-17+/t37?,38?,39-,40-,41-,42-,43-,44-,55?,56?/m0/s1. The third-order valence-electron chi connectivity index (χ3n) is 13.5. The molecule has 0 aromatic carbocycles. The molecule has 2 aliphatic carbocycles. The number of ether oxygens (including phenoxy) is 4. The number of esters is 1. The van der Waals surface area contributed by atoms with Crippen molar-refractivity contribution in [2.75, 3.05) is 20.3 Å². The van der Waals surface area contributed by atoms with Gasteiger partial charge in [0.15, 0.2) is 0 Å². The number of methoxy groups -OCH3 is 1. The van der Waals surface area contributed by atoms with Crippen LogP contribution in [0, 0.1) is 35.5 Å². The summed E-state index contributed by atoms with van der Waals surface area (Å²) in [5, 5.41) is 22.8. The molecule has 0 spiro atoms. The van der Waals surface area contributed by atoms with E-state index >= 15 is 0 Å². The highest BCUT2D eigenvalue weighted by molar-refractivity contribution is 6.00. The molecule has 8 amide bonds. The molecule has 3 aliphatic heterocycles. The molecule has 3 heterocycles. The SMILES string of the molecule is COC(=O)C12CC(C1)OC/C=C/COC1CC(NC(=O)[C@H](CC(C)C)NC(=O)[C@H](CC(C)C)NC(=O)[C@H](CC(C)C)NC(=O)OC(C)(C)C)(C1)C(=O)N[C@@H](CC(C)C)C(=O)N[C@@H](CC(C)C)C(=O)N[C@@H](CC(C)C)C(=O)N2. The van der Waals surface area contributed by atoms with Gasteiger partial charge in [-0.25, -0.2) is 9.59 Å². The van der Waals surface area contributed by atoms with E-state index in [1.165, 1.54) is 7.11 Å². The Labute approximate surface area is 457 Å². The van der Waals surface area contributed by atoms with E-state index in [9.17, 15) is 43.2 Å². The van der Waals surface area contributed by atoms with Gasteiger partial charge in [0.2, 0.25) is 41.4 Å². The number of nitrogens with one attached hydrogen (secondary N) is 8. The summed E-state index contributed by atoms with van der Waals surface area (Å²) in [4.78, 5) is 126. The molecule has 0 radical (unpaired) electrons. The monoisotopic (exact) mass is 1090 g/mol. The Bertz CT molecular complexity index is 2060. The zero-order valence-corrected chi connectivity index (χ0v) is 49.0. The molecule has 0 aromatic heterocycles. The van der Waals surface area contributed by atoms with Crippen molar-refractivity contribution in [2.24, 2.45) is 35.5 Å². The summed E-state index contributed by atoms with van der Waals surface area (Å²) in [6, 6.07) is -6.71. The third-order valence-corrected chi connectivity index (χ3v) is 13.5. The summed E-state index contributed by atoms with van der Waals surface area (Å²) < 4.78 is 22.7. The Morgan fingerprint density at radius 1 is 0.571 bits per heavy atom. The number of hydrogen-bond acceptors (Lipinski definition) is 13. The maximum Gasteiger partial charge on any atom is 0.408 e. The van der Waals surface area contributed by atoms with Crippen LogP contribution in [-0.2, 0) is 57.3 Å². The molecule has 438 valence electrons. The van der Waals surface area contributed by atoms with E-state index in [1.54, 1.807) is 32.9 Å². The average Bonchev–Trinajstić information content (AvgIpc) is 3.26. The Hall–Kier alpha value is -5.31. The molecule has 77 heavy (non-hydrogen) atoms. The number of hydrogen-bond donors (Lipinski definition) is 8. The van der Waals surface area contributed by atoms with Gasteiger partial charge < -0.3 is 61.5 Å².